The van der Waals surface area contributed by atoms with Crippen LogP contribution < -0.4 is 14.4 Å². The summed E-state index contributed by atoms with van der Waals surface area (Å²) < 4.78 is 10.7. The average Bonchev–Trinajstić information content (AvgIpc) is 3.24. The molecule has 0 spiro atoms. The predicted molar refractivity (Wildman–Crippen MR) is 78.5 cm³/mol. The zero-order chi connectivity index (χ0) is 14.2. The first kappa shape index (κ1) is 12.2. The summed E-state index contributed by atoms with van der Waals surface area (Å²) in [4.78, 5) is 5.63. The molecule has 5 heteroatoms. The van der Waals surface area contributed by atoms with Crippen LogP contribution in [0.25, 0.3) is 11.3 Å². The number of hydrogen-bond donors (Lipinski definition) is 1. The molecule has 1 N–H and O–H groups in total. The zero-order valence-electron chi connectivity index (χ0n) is 11.6. The quantitative estimate of drug-likeness (QED) is 0.919. The van der Waals surface area contributed by atoms with E-state index in [0.29, 0.717) is 5.56 Å². The maximum absolute atomic E-state index is 9.35. The Balaban J connectivity index is 1.74. The number of H-pyrrole nitrogens is 1. The van der Waals surface area contributed by atoms with Gasteiger partial charge in [-0.25, -0.2) is 0 Å². The molecule has 0 radical (unpaired) electrons. The summed E-state index contributed by atoms with van der Waals surface area (Å²) in [6.45, 7) is 2.29. The second-order valence-electron chi connectivity index (χ2n) is 5.32. The number of benzene rings is 1. The van der Waals surface area contributed by atoms with E-state index in [2.05, 4.69) is 16.0 Å². The standard InChI is InChI=1S/C16H15N3O2/c17-9-12-7-13(18-16(12)19-5-1-2-6-19)11-3-4-14-15(8-11)21-10-20-14/h3-4,7-8,18H,1-2,5-6,10H2. The Morgan fingerprint density at radius 1 is 1.10 bits per heavy atom. The van der Waals surface area contributed by atoms with Gasteiger partial charge in [0.2, 0.25) is 6.79 Å². The van der Waals surface area contributed by atoms with Crippen LogP contribution in [-0.2, 0) is 0 Å². The van der Waals surface area contributed by atoms with E-state index in [1.807, 2.05) is 24.3 Å². The Labute approximate surface area is 122 Å². The molecule has 0 unspecified atom stereocenters. The molecule has 2 aliphatic rings. The van der Waals surface area contributed by atoms with E-state index in [1.54, 1.807) is 0 Å². The molecule has 0 saturated carbocycles. The summed E-state index contributed by atoms with van der Waals surface area (Å²) in [6, 6.07) is 10.0. The summed E-state index contributed by atoms with van der Waals surface area (Å²) in [5.74, 6) is 2.46. The largest absolute Gasteiger partial charge is 0.454 e. The van der Waals surface area contributed by atoms with Crippen LogP contribution in [0.1, 0.15) is 18.4 Å². The summed E-state index contributed by atoms with van der Waals surface area (Å²) >= 11 is 0. The number of rotatable bonds is 2. The molecule has 2 aromatic rings. The van der Waals surface area contributed by atoms with Crippen LogP contribution >= 0.6 is 0 Å². The van der Waals surface area contributed by atoms with Crippen molar-refractivity contribution in [2.24, 2.45) is 0 Å². The van der Waals surface area contributed by atoms with Gasteiger partial charge in [0, 0.05) is 24.3 Å². The van der Waals surface area contributed by atoms with Gasteiger partial charge in [-0.3, -0.25) is 0 Å². The molecule has 1 aromatic carbocycles. The minimum Gasteiger partial charge on any atom is -0.454 e. The second-order valence-corrected chi connectivity index (χ2v) is 5.32. The Hall–Kier alpha value is -2.61. The number of ether oxygens (including phenoxy) is 2. The average molecular weight is 281 g/mol. The van der Waals surface area contributed by atoms with Crippen LogP contribution in [0.4, 0.5) is 5.82 Å². The third-order valence-electron chi connectivity index (χ3n) is 4.02. The highest BCUT2D eigenvalue weighted by Gasteiger charge is 2.20. The minimum atomic E-state index is 0.270. The van der Waals surface area contributed by atoms with Crippen molar-refractivity contribution < 1.29 is 9.47 Å². The highest BCUT2D eigenvalue weighted by molar-refractivity contribution is 5.71. The Morgan fingerprint density at radius 2 is 1.90 bits per heavy atom. The molecule has 21 heavy (non-hydrogen) atoms. The fourth-order valence-electron chi connectivity index (χ4n) is 2.94. The van der Waals surface area contributed by atoms with Crippen LogP contribution in [0.15, 0.2) is 24.3 Å². The van der Waals surface area contributed by atoms with Crippen molar-refractivity contribution in [2.75, 3.05) is 24.8 Å². The van der Waals surface area contributed by atoms with Crippen molar-refractivity contribution in [1.82, 2.24) is 4.98 Å². The van der Waals surface area contributed by atoms with Crippen molar-refractivity contribution >= 4 is 5.82 Å². The molecule has 1 saturated heterocycles. The number of nitrogens with one attached hydrogen (secondary N) is 1. The van der Waals surface area contributed by atoms with Crippen molar-refractivity contribution in [1.29, 1.82) is 5.26 Å². The lowest BCUT2D eigenvalue weighted by Gasteiger charge is -2.15. The zero-order valence-corrected chi connectivity index (χ0v) is 11.6. The fourth-order valence-corrected chi connectivity index (χ4v) is 2.94. The molecule has 1 fully saturated rings. The number of nitrogens with zero attached hydrogens (tertiary/aromatic N) is 2. The van der Waals surface area contributed by atoms with Crippen LogP contribution in [0.2, 0.25) is 0 Å². The van der Waals surface area contributed by atoms with Gasteiger partial charge in [0.1, 0.15) is 11.9 Å². The van der Waals surface area contributed by atoms with Gasteiger partial charge >= 0.3 is 0 Å². The second kappa shape index (κ2) is 4.74. The number of anilines is 1. The highest BCUT2D eigenvalue weighted by atomic mass is 16.7. The molecule has 5 nitrogen and oxygen atoms in total. The van der Waals surface area contributed by atoms with E-state index >= 15 is 0 Å². The lowest BCUT2D eigenvalue weighted by molar-refractivity contribution is 0.174. The maximum atomic E-state index is 9.35. The maximum Gasteiger partial charge on any atom is 0.231 e. The van der Waals surface area contributed by atoms with Crippen molar-refractivity contribution in [3.8, 4) is 28.8 Å². The van der Waals surface area contributed by atoms with Crippen LogP contribution in [-0.4, -0.2) is 24.9 Å². The van der Waals surface area contributed by atoms with E-state index in [-0.39, 0.29) is 6.79 Å². The van der Waals surface area contributed by atoms with Gasteiger partial charge in [-0.2, -0.15) is 5.26 Å². The Morgan fingerprint density at radius 3 is 2.71 bits per heavy atom. The number of fused-ring (bicyclic) bond motifs is 1. The van der Waals surface area contributed by atoms with Crippen LogP contribution in [0, 0.1) is 11.3 Å². The SMILES string of the molecule is N#Cc1cc(-c2ccc3c(c2)OCO3)[nH]c1N1CCCC1. The van der Waals surface area contributed by atoms with Crippen molar-refractivity contribution in [3.63, 3.8) is 0 Å². The van der Waals surface area contributed by atoms with Crippen molar-refractivity contribution in [2.45, 2.75) is 12.8 Å². The summed E-state index contributed by atoms with van der Waals surface area (Å²) in [7, 11) is 0. The van der Waals surface area contributed by atoms with Gasteiger partial charge in [-0.1, -0.05) is 0 Å². The molecule has 0 aliphatic carbocycles. The van der Waals surface area contributed by atoms with Gasteiger partial charge in [-0.15, -0.1) is 0 Å². The topological polar surface area (TPSA) is 61.3 Å². The third-order valence-corrected chi connectivity index (χ3v) is 4.02. The van der Waals surface area contributed by atoms with Gasteiger partial charge in [0.25, 0.3) is 0 Å². The van der Waals surface area contributed by atoms with E-state index in [9.17, 15) is 5.26 Å². The number of hydrogen-bond acceptors (Lipinski definition) is 4. The monoisotopic (exact) mass is 281 g/mol. The molecule has 0 bridgehead atoms. The summed E-state index contributed by atoms with van der Waals surface area (Å²) in [5, 5.41) is 9.35. The molecule has 3 heterocycles. The van der Waals surface area contributed by atoms with E-state index in [4.69, 9.17) is 9.47 Å². The van der Waals surface area contributed by atoms with E-state index in [0.717, 1.165) is 41.7 Å². The number of aromatic nitrogens is 1. The first-order valence-electron chi connectivity index (χ1n) is 7.13. The van der Waals surface area contributed by atoms with E-state index < -0.39 is 0 Å². The molecule has 1 aromatic heterocycles. The summed E-state index contributed by atoms with van der Waals surface area (Å²) in [5.41, 5.74) is 2.64. The first-order chi connectivity index (χ1) is 10.3. The Kier molecular flexibility index (Phi) is 2.74. The molecule has 0 amide bonds. The minimum absolute atomic E-state index is 0.270. The molecule has 0 atom stereocenters. The lowest BCUT2D eigenvalue weighted by Crippen LogP contribution is -2.18. The van der Waals surface area contributed by atoms with Crippen molar-refractivity contribution in [3.05, 3.63) is 29.8 Å². The normalized spacial score (nSPS) is 16.2. The van der Waals surface area contributed by atoms with Crippen LogP contribution in [0.3, 0.4) is 0 Å². The highest BCUT2D eigenvalue weighted by Crippen LogP contribution is 2.37. The predicted octanol–water partition coefficient (Wildman–Crippen LogP) is 2.88. The third kappa shape index (κ3) is 2.00. The van der Waals surface area contributed by atoms with Gasteiger partial charge in [0.15, 0.2) is 11.5 Å². The molecule has 2 aliphatic heterocycles. The van der Waals surface area contributed by atoms with Gasteiger partial charge < -0.3 is 19.4 Å². The first-order valence-corrected chi connectivity index (χ1v) is 7.13. The van der Waals surface area contributed by atoms with Gasteiger partial charge in [-0.05, 0) is 37.1 Å². The smallest absolute Gasteiger partial charge is 0.231 e. The van der Waals surface area contributed by atoms with Gasteiger partial charge in [0.05, 0.1) is 5.56 Å². The lowest BCUT2D eigenvalue weighted by atomic mass is 10.1. The molecule has 106 valence electrons. The van der Waals surface area contributed by atoms with Crippen LogP contribution in [0.5, 0.6) is 11.5 Å². The Bertz CT molecular complexity index is 724. The molecular weight excluding hydrogens is 266 g/mol. The van der Waals surface area contributed by atoms with E-state index in [1.165, 1.54) is 12.8 Å². The molecule has 4 rings (SSSR count). The molecular formula is C16H15N3O2. The number of aromatic amines is 1. The number of nitriles is 1. The summed E-state index contributed by atoms with van der Waals surface area (Å²) in [6.07, 6.45) is 2.37. The fraction of sp³-hybridized carbons (Fsp3) is 0.312.